The van der Waals surface area contributed by atoms with Crippen LogP contribution in [0.25, 0.3) is 0 Å². The number of alkyl halides is 3. The molecule has 1 atom stereocenters. The molecule has 2 N–H and O–H groups in total. The van der Waals surface area contributed by atoms with Crippen molar-refractivity contribution in [2.24, 2.45) is 0 Å². The third-order valence-electron chi connectivity index (χ3n) is 6.72. The van der Waals surface area contributed by atoms with Crippen LogP contribution in [0.15, 0.2) is 47.4 Å². The fraction of sp³-hybridized carbons (Fsp3) is 0.480. The van der Waals surface area contributed by atoms with Crippen molar-refractivity contribution < 1.29 is 48.7 Å². The van der Waals surface area contributed by atoms with Gasteiger partial charge in [0.15, 0.2) is 0 Å². The summed E-state index contributed by atoms with van der Waals surface area (Å²) in [5.74, 6) is -0.684. The highest BCUT2D eigenvalue weighted by Gasteiger charge is 2.51. The van der Waals surface area contributed by atoms with E-state index in [2.05, 4.69) is 14.8 Å². The maximum atomic E-state index is 13.7. The van der Waals surface area contributed by atoms with Crippen LogP contribution in [0.1, 0.15) is 33.1 Å². The standard InChI is InChI=1S/C25H30F4N4O7S2/c1-24(2,25(27,28)29)40-23(34)31-18-8-11-22-21(14-18)33(41(35,36)20-9-6-17(26)7-10-20)16-19(39-22)15-30-42(37,38)32-12-4-3-5-13-32/h6-11,14,19,30H,3-5,12-13,15-16H2,1-2H3,(H,31,34)/t19-/m0/s1. The predicted molar refractivity (Wildman–Crippen MR) is 144 cm³/mol. The van der Waals surface area contributed by atoms with Gasteiger partial charge in [0.2, 0.25) is 5.60 Å². The minimum atomic E-state index is -4.85. The van der Waals surface area contributed by atoms with Crippen LogP contribution in [-0.2, 0) is 25.0 Å². The summed E-state index contributed by atoms with van der Waals surface area (Å²) < 4.78 is 121. The fourth-order valence-corrected chi connectivity index (χ4v) is 7.10. The minimum absolute atomic E-state index is 0.0105. The molecule has 0 unspecified atom stereocenters. The van der Waals surface area contributed by atoms with Gasteiger partial charge in [0.1, 0.15) is 17.7 Å². The molecule has 42 heavy (non-hydrogen) atoms. The molecule has 1 amide bonds. The van der Waals surface area contributed by atoms with Crippen LogP contribution in [0.5, 0.6) is 5.75 Å². The van der Waals surface area contributed by atoms with Crippen molar-refractivity contribution in [1.29, 1.82) is 0 Å². The van der Waals surface area contributed by atoms with Gasteiger partial charge in [0.25, 0.3) is 20.2 Å². The predicted octanol–water partition coefficient (Wildman–Crippen LogP) is 3.99. The van der Waals surface area contributed by atoms with Crippen LogP contribution in [0.2, 0.25) is 0 Å². The molecule has 2 heterocycles. The summed E-state index contributed by atoms with van der Waals surface area (Å²) in [6.45, 7) is 1.38. The number of sulfonamides is 1. The van der Waals surface area contributed by atoms with Gasteiger partial charge in [-0.2, -0.15) is 30.6 Å². The summed E-state index contributed by atoms with van der Waals surface area (Å²) in [5, 5.41) is 2.15. The molecule has 17 heteroatoms. The molecular formula is C25H30F4N4O7S2. The Labute approximate surface area is 241 Å². The number of benzene rings is 2. The Hall–Kier alpha value is -3.15. The number of hydrogen-bond acceptors (Lipinski definition) is 7. The molecule has 2 aromatic rings. The van der Waals surface area contributed by atoms with E-state index in [1.807, 2.05) is 0 Å². The molecule has 0 bridgehead atoms. The number of anilines is 2. The summed E-state index contributed by atoms with van der Waals surface area (Å²) in [4.78, 5) is 12.0. The maximum absolute atomic E-state index is 13.7. The number of carbonyl (C=O) groups excluding carboxylic acids is 1. The third kappa shape index (κ3) is 7.07. The van der Waals surface area contributed by atoms with Gasteiger partial charge < -0.3 is 9.47 Å². The molecule has 1 fully saturated rings. The summed E-state index contributed by atoms with van der Waals surface area (Å²) in [5.41, 5.74) is -3.01. The molecule has 11 nitrogen and oxygen atoms in total. The van der Waals surface area contributed by atoms with Gasteiger partial charge in [-0.15, -0.1) is 0 Å². The highest BCUT2D eigenvalue weighted by Crippen LogP contribution is 2.39. The minimum Gasteiger partial charge on any atom is -0.485 e. The van der Waals surface area contributed by atoms with Crippen LogP contribution in [-0.4, -0.2) is 71.3 Å². The van der Waals surface area contributed by atoms with Gasteiger partial charge in [-0.05, 0) is 69.2 Å². The van der Waals surface area contributed by atoms with Crippen LogP contribution in [0.3, 0.4) is 0 Å². The molecular weight excluding hydrogens is 608 g/mol. The largest absolute Gasteiger partial charge is 0.485 e. The number of nitrogens with one attached hydrogen (secondary N) is 2. The average molecular weight is 639 g/mol. The number of fused-ring (bicyclic) bond motifs is 1. The van der Waals surface area contributed by atoms with Crippen LogP contribution in [0, 0.1) is 5.82 Å². The Balaban J connectivity index is 1.61. The molecule has 2 aromatic carbocycles. The van der Waals surface area contributed by atoms with Gasteiger partial charge in [0, 0.05) is 18.8 Å². The monoisotopic (exact) mass is 638 g/mol. The van der Waals surface area contributed by atoms with Gasteiger partial charge >= 0.3 is 12.3 Å². The van der Waals surface area contributed by atoms with E-state index in [0.29, 0.717) is 26.9 Å². The SMILES string of the molecule is CC(C)(OC(=O)Nc1ccc2c(c1)N(S(=O)(=O)c1ccc(F)cc1)C[C@H](CNS(=O)(=O)N1CCCCC1)O2)C(F)(F)F. The number of piperidine rings is 1. The number of carbonyl (C=O) groups is 1. The second-order valence-electron chi connectivity index (χ2n) is 10.2. The Morgan fingerprint density at radius 2 is 1.67 bits per heavy atom. The lowest BCUT2D eigenvalue weighted by molar-refractivity contribution is -0.242. The van der Waals surface area contributed by atoms with Crippen molar-refractivity contribution in [2.45, 2.75) is 55.9 Å². The molecule has 232 valence electrons. The molecule has 0 spiro atoms. The van der Waals surface area contributed by atoms with E-state index in [9.17, 15) is 39.2 Å². The van der Waals surface area contributed by atoms with Crippen molar-refractivity contribution in [2.75, 3.05) is 35.8 Å². The lowest BCUT2D eigenvalue weighted by Crippen LogP contribution is -2.51. The first-order valence-electron chi connectivity index (χ1n) is 12.9. The molecule has 0 saturated carbocycles. The Morgan fingerprint density at radius 3 is 2.29 bits per heavy atom. The van der Waals surface area contributed by atoms with E-state index in [1.54, 1.807) is 0 Å². The number of ether oxygens (including phenoxy) is 2. The van der Waals surface area contributed by atoms with E-state index in [1.165, 1.54) is 16.4 Å². The molecule has 0 aliphatic carbocycles. The van der Waals surface area contributed by atoms with Crippen LogP contribution in [0.4, 0.5) is 33.7 Å². The van der Waals surface area contributed by atoms with E-state index in [0.717, 1.165) is 53.9 Å². The zero-order chi connectivity index (χ0) is 30.9. The van der Waals surface area contributed by atoms with E-state index >= 15 is 0 Å². The highest BCUT2D eigenvalue weighted by molar-refractivity contribution is 7.92. The highest BCUT2D eigenvalue weighted by atomic mass is 32.2. The summed E-state index contributed by atoms with van der Waals surface area (Å²) in [7, 11) is -8.25. The summed E-state index contributed by atoms with van der Waals surface area (Å²) >= 11 is 0. The summed E-state index contributed by atoms with van der Waals surface area (Å²) in [6.07, 6.45) is -4.93. The Morgan fingerprint density at radius 1 is 1.02 bits per heavy atom. The smallest absolute Gasteiger partial charge is 0.427 e. The number of hydrogen-bond donors (Lipinski definition) is 2. The zero-order valence-corrected chi connectivity index (χ0v) is 24.3. The van der Waals surface area contributed by atoms with Crippen LogP contribution < -0.4 is 19.1 Å². The molecule has 0 radical (unpaired) electrons. The lowest BCUT2D eigenvalue weighted by atomic mass is 10.1. The Bertz CT molecular complexity index is 1510. The van der Waals surface area contributed by atoms with Crippen molar-refractivity contribution in [1.82, 2.24) is 9.03 Å². The van der Waals surface area contributed by atoms with E-state index < -0.39 is 50.0 Å². The Kier molecular flexibility index (Phi) is 8.97. The van der Waals surface area contributed by atoms with Crippen LogP contribution >= 0.6 is 0 Å². The van der Waals surface area contributed by atoms with Gasteiger partial charge in [0.05, 0.1) is 23.7 Å². The number of halogens is 4. The first kappa shape index (κ1) is 31.8. The van der Waals surface area contributed by atoms with Gasteiger partial charge in [-0.3, -0.25) is 9.62 Å². The second kappa shape index (κ2) is 11.9. The van der Waals surface area contributed by atoms with Crippen molar-refractivity contribution in [3.05, 3.63) is 48.3 Å². The summed E-state index contributed by atoms with van der Waals surface area (Å²) in [6, 6.07) is 7.69. The topological polar surface area (TPSA) is 134 Å². The van der Waals surface area contributed by atoms with E-state index in [-0.39, 0.29) is 35.1 Å². The first-order valence-corrected chi connectivity index (χ1v) is 15.8. The third-order valence-corrected chi connectivity index (χ3v) is 10.1. The quantitative estimate of drug-likeness (QED) is 0.418. The van der Waals surface area contributed by atoms with Crippen molar-refractivity contribution in [3.63, 3.8) is 0 Å². The van der Waals surface area contributed by atoms with Crippen molar-refractivity contribution >= 4 is 37.7 Å². The molecule has 2 aliphatic heterocycles. The molecule has 2 aliphatic rings. The second-order valence-corrected chi connectivity index (χ2v) is 13.9. The molecule has 1 saturated heterocycles. The number of nitrogens with zero attached hydrogens (tertiary/aromatic N) is 2. The number of rotatable bonds is 8. The van der Waals surface area contributed by atoms with E-state index in [4.69, 9.17) is 4.74 Å². The fourth-order valence-electron chi connectivity index (χ4n) is 4.29. The van der Waals surface area contributed by atoms with Crippen molar-refractivity contribution in [3.8, 4) is 5.75 Å². The average Bonchev–Trinajstić information content (AvgIpc) is 2.91. The molecule has 4 rings (SSSR count). The number of amides is 1. The maximum Gasteiger partial charge on any atom is 0.427 e. The van der Waals surface area contributed by atoms with Gasteiger partial charge in [-0.1, -0.05) is 6.42 Å². The van der Waals surface area contributed by atoms with Gasteiger partial charge in [-0.25, -0.2) is 17.6 Å². The molecule has 0 aromatic heterocycles. The zero-order valence-electron chi connectivity index (χ0n) is 22.6. The normalized spacial score (nSPS) is 18.6. The first-order chi connectivity index (χ1) is 19.5. The lowest BCUT2D eigenvalue weighted by Gasteiger charge is -2.36.